The molecule has 0 fully saturated rings. The van der Waals surface area contributed by atoms with E-state index in [1.165, 1.54) is 13.2 Å². The van der Waals surface area contributed by atoms with E-state index in [4.69, 9.17) is 15.2 Å². The van der Waals surface area contributed by atoms with E-state index in [0.717, 1.165) is 16.9 Å². The van der Waals surface area contributed by atoms with Crippen LogP contribution in [-0.2, 0) is 6.42 Å². The highest BCUT2D eigenvalue weighted by molar-refractivity contribution is 5.41. The Morgan fingerprint density at radius 2 is 1.81 bits per heavy atom. The van der Waals surface area contributed by atoms with Gasteiger partial charge in [0.05, 0.1) is 14.2 Å². The molecule has 0 aromatic heterocycles. The number of aryl methyl sites for hydroxylation is 1. The van der Waals surface area contributed by atoms with Gasteiger partial charge in [0.1, 0.15) is 17.3 Å². The van der Waals surface area contributed by atoms with Crippen molar-refractivity contribution in [3.05, 3.63) is 58.9 Å². The van der Waals surface area contributed by atoms with Crippen molar-refractivity contribution in [1.29, 1.82) is 0 Å². The zero-order chi connectivity index (χ0) is 15.4. The molecule has 4 heteroatoms. The lowest BCUT2D eigenvalue weighted by atomic mass is 9.96. The van der Waals surface area contributed by atoms with Crippen LogP contribution >= 0.6 is 0 Å². The van der Waals surface area contributed by atoms with Gasteiger partial charge in [0.25, 0.3) is 0 Å². The monoisotopic (exact) mass is 289 g/mol. The van der Waals surface area contributed by atoms with E-state index >= 15 is 0 Å². The van der Waals surface area contributed by atoms with E-state index in [0.29, 0.717) is 17.7 Å². The lowest BCUT2D eigenvalue weighted by molar-refractivity contribution is 0.395. The zero-order valence-corrected chi connectivity index (χ0v) is 12.5. The van der Waals surface area contributed by atoms with Crippen molar-refractivity contribution in [2.75, 3.05) is 14.2 Å². The summed E-state index contributed by atoms with van der Waals surface area (Å²) >= 11 is 0. The Morgan fingerprint density at radius 3 is 2.48 bits per heavy atom. The molecule has 0 aliphatic heterocycles. The van der Waals surface area contributed by atoms with Gasteiger partial charge in [0.2, 0.25) is 0 Å². The fourth-order valence-electron chi connectivity index (χ4n) is 2.46. The predicted octanol–water partition coefficient (Wildman–Crippen LogP) is 3.39. The summed E-state index contributed by atoms with van der Waals surface area (Å²) in [5, 5.41) is 0. The number of rotatable bonds is 5. The third-order valence-electron chi connectivity index (χ3n) is 3.48. The molecule has 0 heterocycles. The summed E-state index contributed by atoms with van der Waals surface area (Å²) < 4.78 is 24.6. The molecule has 1 atom stereocenters. The molecule has 2 aromatic rings. The fraction of sp³-hybridized carbons (Fsp3) is 0.294. The largest absolute Gasteiger partial charge is 0.496 e. The number of nitrogens with two attached hydrogens (primary N) is 1. The van der Waals surface area contributed by atoms with Gasteiger partial charge in [-0.1, -0.05) is 23.8 Å². The Labute approximate surface area is 124 Å². The van der Waals surface area contributed by atoms with Gasteiger partial charge in [-0.05, 0) is 37.1 Å². The second-order valence-corrected chi connectivity index (χ2v) is 4.98. The third-order valence-corrected chi connectivity index (χ3v) is 3.48. The summed E-state index contributed by atoms with van der Waals surface area (Å²) in [4.78, 5) is 0. The van der Waals surface area contributed by atoms with Gasteiger partial charge >= 0.3 is 0 Å². The van der Waals surface area contributed by atoms with Crippen molar-refractivity contribution in [1.82, 2.24) is 0 Å². The topological polar surface area (TPSA) is 44.5 Å². The van der Waals surface area contributed by atoms with Crippen LogP contribution in [0, 0.1) is 12.7 Å². The lowest BCUT2D eigenvalue weighted by Gasteiger charge is -2.18. The van der Waals surface area contributed by atoms with E-state index in [-0.39, 0.29) is 5.82 Å². The Morgan fingerprint density at radius 1 is 1.10 bits per heavy atom. The maximum atomic E-state index is 14.1. The highest BCUT2D eigenvalue weighted by Gasteiger charge is 2.19. The van der Waals surface area contributed by atoms with Gasteiger partial charge in [-0.3, -0.25) is 0 Å². The molecule has 0 amide bonds. The van der Waals surface area contributed by atoms with Crippen molar-refractivity contribution in [3.63, 3.8) is 0 Å². The second kappa shape index (κ2) is 6.59. The normalized spacial score (nSPS) is 12.0. The minimum Gasteiger partial charge on any atom is -0.496 e. The second-order valence-electron chi connectivity index (χ2n) is 4.98. The molecule has 3 nitrogen and oxygen atoms in total. The average Bonchev–Trinajstić information content (AvgIpc) is 2.47. The summed E-state index contributed by atoms with van der Waals surface area (Å²) in [7, 11) is 3.13. The summed E-state index contributed by atoms with van der Waals surface area (Å²) in [6.45, 7) is 2.00. The van der Waals surface area contributed by atoms with Crippen LogP contribution in [0.3, 0.4) is 0 Å². The summed E-state index contributed by atoms with van der Waals surface area (Å²) in [6, 6.07) is 10.1. The van der Waals surface area contributed by atoms with Gasteiger partial charge in [0, 0.05) is 11.6 Å². The molecular weight excluding hydrogens is 269 g/mol. The fourth-order valence-corrected chi connectivity index (χ4v) is 2.46. The zero-order valence-electron chi connectivity index (χ0n) is 12.5. The van der Waals surface area contributed by atoms with Gasteiger partial charge in [-0.15, -0.1) is 0 Å². The molecule has 1 unspecified atom stereocenters. The SMILES string of the molecule is COc1ccc(C)cc1CC(N)c1c(F)cccc1OC. The Hall–Kier alpha value is -2.07. The quantitative estimate of drug-likeness (QED) is 0.917. The molecule has 0 aliphatic rings. The van der Waals surface area contributed by atoms with Crippen molar-refractivity contribution in [3.8, 4) is 11.5 Å². The molecule has 2 rings (SSSR count). The molecule has 0 aliphatic carbocycles. The van der Waals surface area contributed by atoms with Gasteiger partial charge in [0.15, 0.2) is 0 Å². The van der Waals surface area contributed by atoms with Crippen molar-refractivity contribution in [2.24, 2.45) is 5.73 Å². The minimum absolute atomic E-state index is 0.353. The van der Waals surface area contributed by atoms with Gasteiger partial charge < -0.3 is 15.2 Å². The van der Waals surface area contributed by atoms with Crippen LogP contribution in [0.4, 0.5) is 4.39 Å². The van der Waals surface area contributed by atoms with Crippen LogP contribution in [0.2, 0.25) is 0 Å². The van der Waals surface area contributed by atoms with E-state index < -0.39 is 6.04 Å². The van der Waals surface area contributed by atoms with E-state index in [2.05, 4.69) is 0 Å². The number of hydrogen-bond donors (Lipinski definition) is 1. The molecule has 2 N–H and O–H groups in total. The number of halogens is 1. The van der Waals surface area contributed by atoms with Gasteiger partial charge in [-0.2, -0.15) is 0 Å². The Bertz CT molecular complexity index is 628. The molecule has 0 saturated carbocycles. The predicted molar refractivity (Wildman–Crippen MR) is 81.3 cm³/mol. The molecule has 112 valence electrons. The number of hydrogen-bond acceptors (Lipinski definition) is 3. The standard InChI is InChI=1S/C17H20FNO2/c1-11-7-8-15(20-2)12(9-11)10-14(19)17-13(18)5-4-6-16(17)21-3/h4-9,14H,10,19H2,1-3H3. The highest BCUT2D eigenvalue weighted by atomic mass is 19.1. The molecule has 21 heavy (non-hydrogen) atoms. The molecule has 0 saturated heterocycles. The first-order valence-corrected chi connectivity index (χ1v) is 6.78. The van der Waals surface area contributed by atoms with Crippen LogP contribution in [0.5, 0.6) is 11.5 Å². The summed E-state index contributed by atoms with van der Waals surface area (Å²) in [6.07, 6.45) is 0.474. The van der Waals surface area contributed by atoms with E-state index in [1.807, 2.05) is 25.1 Å². The van der Waals surface area contributed by atoms with Gasteiger partial charge in [-0.25, -0.2) is 4.39 Å². The van der Waals surface area contributed by atoms with Crippen molar-refractivity contribution < 1.29 is 13.9 Å². The summed E-state index contributed by atoms with van der Waals surface area (Å²) in [5.41, 5.74) is 8.66. The molecule has 0 radical (unpaired) electrons. The molecule has 0 bridgehead atoms. The third kappa shape index (κ3) is 3.34. The minimum atomic E-state index is -0.503. The average molecular weight is 289 g/mol. The number of benzene rings is 2. The number of ether oxygens (including phenoxy) is 2. The van der Waals surface area contributed by atoms with Crippen LogP contribution in [0.15, 0.2) is 36.4 Å². The smallest absolute Gasteiger partial charge is 0.131 e. The van der Waals surface area contributed by atoms with Crippen molar-refractivity contribution in [2.45, 2.75) is 19.4 Å². The Kier molecular flexibility index (Phi) is 4.81. The van der Waals surface area contributed by atoms with Crippen LogP contribution < -0.4 is 15.2 Å². The molecular formula is C17H20FNO2. The summed E-state index contributed by atoms with van der Waals surface area (Å²) in [5.74, 6) is 0.869. The highest BCUT2D eigenvalue weighted by Crippen LogP contribution is 2.31. The number of methoxy groups -OCH3 is 2. The van der Waals surface area contributed by atoms with E-state index in [1.54, 1.807) is 19.2 Å². The first-order chi connectivity index (χ1) is 10.1. The maximum Gasteiger partial charge on any atom is 0.131 e. The van der Waals surface area contributed by atoms with Crippen molar-refractivity contribution >= 4 is 0 Å². The first-order valence-electron chi connectivity index (χ1n) is 6.78. The van der Waals surface area contributed by atoms with Crippen LogP contribution in [0.25, 0.3) is 0 Å². The van der Waals surface area contributed by atoms with Crippen LogP contribution in [-0.4, -0.2) is 14.2 Å². The Balaban J connectivity index is 2.34. The van der Waals surface area contributed by atoms with E-state index in [9.17, 15) is 4.39 Å². The lowest BCUT2D eigenvalue weighted by Crippen LogP contribution is -2.16. The first kappa shape index (κ1) is 15.3. The maximum absolute atomic E-state index is 14.1. The molecule has 0 spiro atoms. The molecule has 2 aromatic carbocycles. The van der Waals surface area contributed by atoms with Crippen LogP contribution in [0.1, 0.15) is 22.7 Å².